The minimum Gasteiger partial charge on any atom is -0.493 e. The molecule has 0 saturated heterocycles. The highest BCUT2D eigenvalue weighted by atomic mass is 16.5. The van der Waals surface area contributed by atoms with E-state index in [1.54, 1.807) is 50.6 Å². The Morgan fingerprint density at radius 3 is 2.31 bits per heavy atom. The minimum atomic E-state index is -0.325. The maximum absolute atomic E-state index is 12.6. The molecule has 0 aliphatic carbocycles. The van der Waals surface area contributed by atoms with Crippen LogP contribution in [0.4, 0.5) is 5.69 Å². The van der Waals surface area contributed by atoms with Gasteiger partial charge < -0.3 is 29.0 Å². The Morgan fingerprint density at radius 1 is 0.885 bits per heavy atom. The van der Waals surface area contributed by atoms with Gasteiger partial charge in [0.15, 0.2) is 23.0 Å². The third kappa shape index (κ3) is 4.58. The average molecular weight is 361 g/mol. The van der Waals surface area contributed by atoms with E-state index in [-0.39, 0.29) is 5.91 Å². The summed E-state index contributed by atoms with van der Waals surface area (Å²) in [4.78, 5) is 12.6. The van der Waals surface area contributed by atoms with Gasteiger partial charge in [-0.25, -0.2) is 0 Å². The summed E-state index contributed by atoms with van der Waals surface area (Å²) in [5, 5.41) is 2.83. The van der Waals surface area contributed by atoms with Gasteiger partial charge in [-0.2, -0.15) is 0 Å². The van der Waals surface area contributed by atoms with Crippen LogP contribution < -0.4 is 24.3 Å². The molecular weight excluding hydrogens is 338 g/mol. The van der Waals surface area contributed by atoms with Crippen molar-refractivity contribution in [2.24, 2.45) is 0 Å². The number of methoxy groups -OCH3 is 4. The second kappa shape index (κ2) is 9.53. The first kappa shape index (κ1) is 19.4. The Balaban J connectivity index is 2.22. The molecule has 0 radical (unpaired) electrons. The van der Waals surface area contributed by atoms with Crippen LogP contribution in [-0.2, 0) is 4.74 Å². The number of carbonyl (C=O) groups excluding carboxylic acids is 1. The number of benzene rings is 2. The smallest absolute Gasteiger partial charge is 0.259 e. The van der Waals surface area contributed by atoms with Gasteiger partial charge in [-0.1, -0.05) is 6.07 Å². The van der Waals surface area contributed by atoms with Crippen molar-refractivity contribution >= 4 is 11.6 Å². The Hall–Kier alpha value is -2.93. The highest BCUT2D eigenvalue weighted by Gasteiger charge is 2.17. The van der Waals surface area contributed by atoms with Crippen LogP contribution in [0, 0.1) is 0 Å². The molecule has 7 heteroatoms. The highest BCUT2D eigenvalue weighted by molar-refractivity contribution is 6.06. The number of para-hydroxylation sites is 1. The lowest BCUT2D eigenvalue weighted by Gasteiger charge is -2.14. The Labute approximate surface area is 152 Å². The van der Waals surface area contributed by atoms with E-state index in [1.807, 2.05) is 0 Å². The second-order valence-corrected chi connectivity index (χ2v) is 5.20. The van der Waals surface area contributed by atoms with Crippen LogP contribution >= 0.6 is 0 Å². The summed E-state index contributed by atoms with van der Waals surface area (Å²) in [6.07, 6.45) is 0. The molecule has 0 aliphatic rings. The SMILES string of the molecule is COCCOc1cc(NC(=O)c2cccc(OC)c2OC)ccc1OC. The molecule has 0 spiro atoms. The van der Waals surface area contributed by atoms with Crippen molar-refractivity contribution in [1.82, 2.24) is 0 Å². The molecule has 1 amide bonds. The van der Waals surface area contributed by atoms with E-state index < -0.39 is 0 Å². The van der Waals surface area contributed by atoms with E-state index in [4.69, 9.17) is 23.7 Å². The van der Waals surface area contributed by atoms with Gasteiger partial charge in [-0.05, 0) is 24.3 Å². The summed E-state index contributed by atoms with van der Waals surface area (Å²) in [6.45, 7) is 0.814. The van der Waals surface area contributed by atoms with E-state index in [9.17, 15) is 4.79 Å². The molecule has 2 aromatic carbocycles. The van der Waals surface area contributed by atoms with Gasteiger partial charge in [-0.3, -0.25) is 4.79 Å². The van der Waals surface area contributed by atoms with Gasteiger partial charge in [-0.15, -0.1) is 0 Å². The molecule has 0 atom stereocenters. The molecule has 0 unspecified atom stereocenters. The second-order valence-electron chi connectivity index (χ2n) is 5.20. The van der Waals surface area contributed by atoms with Crippen LogP contribution in [0.5, 0.6) is 23.0 Å². The van der Waals surface area contributed by atoms with E-state index >= 15 is 0 Å². The summed E-state index contributed by atoms with van der Waals surface area (Å²) in [5.74, 6) is 1.61. The monoisotopic (exact) mass is 361 g/mol. The van der Waals surface area contributed by atoms with Crippen LogP contribution in [0.1, 0.15) is 10.4 Å². The number of hydrogen-bond acceptors (Lipinski definition) is 6. The molecule has 0 bridgehead atoms. The van der Waals surface area contributed by atoms with Crippen molar-refractivity contribution < 1.29 is 28.5 Å². The highest BCUT2D eigenvalue weighted by Crippen LogP contribution is 2.33. The van der Waals surface area contributed by atoms with Crippen molar-refractivity contribution in [2.45, 2.75) is 0 Å². The van der Waals surface area contributed by atoms with Gasteiger partial charge in [0, 0.05) is 18.9 Å². The van der Waals surface area contributed by atoms with Crippen molar-refractivity contribution in [3.63, 3.8) is 0 Å². The van der Waals surface area contributed by atoms with E-state index in [0.717, 1.165) is 0 Å². The fraction of sp³-hybridized carbons (Fsp3) is 0.316. The molecule has 140 valence electrons. The summed E-state index contributed by atoms with van der Waals surface area (Å²) >= 11 is 0. The number of nitrogens with one attached hydrogen (secondary N) is 1. The Morgan fingerprint density at radius 2 is 1.65 bits per heavy atom. The van der Waals surface area contributed by atoms with Crippen molar-refractivity contribution in [1.29, 1.82) is 0 Å². The number of carbonyl (C=O) groups is 1. The number of ether oxygens (including phenoxy) is 5. The average Bonchev–Trinajstić information content (AvgIpc) is 2.67. The molecule has 2 aromatic rings. The molecule has 0 heterocycles. The lowest BCUT2D eigenvalue weighted by molar-refractivity contribution is 0.102. The number of amides is 1. The van der Waals surface area contributed by atoms with Gasteiger partial charge in [0.05, 0.1) is 33.5 Å². The largest absolute Gasteiger partial charge is 0.493 e. The van der Waals surface area contributed by atoms with Crippen LogP contribution in [0.15, 0.2) is 36.4 Å². The predicted molar refractivity (Wildman–Crippen MR) is 97.9 cm³/mol. The lowest BCUT2D eigenvalue weighted by atomic mass is 10.1. The zero-order valence-electron chi connectivity index (χ0n) is 15.3. The topological polar surface area (TPSA) is 75.3 Å². The van der Waals surface area contributed by atoms with Crippen molar-refractivity contribution in [3.8, 4) is 23.0 Å². The predicted octanol–water partition coefficient (Wildman–Crippen LogP) is 2.99. The summed E-state index contributed by atoms with van der Waals surface area (Å²) in [6, 6.07) is 10.3. The maximum atomic E-state index is 12.6. The molecule has 0 fully saturated rings. The summed E-state index contributed by atoms with van der Waals surface area (Å²) < 4.78 is 26.4. The van der Waals surface area contributed by atoms with E-state index in [2.05, 4.69) is 5.32 Å². The Bertz CT molecular complexity index is 747. The molecule has 1 N–H and O–H groups in total. The van der Waals surface area contributed by atoms with Gasteiger partial charge >= 0.3 is 0 Å². The van der Waals surface area contributed by atoms with Crippen LogP contribution in [-0.4, -0.2) is 47.6 Å². The zero-order chi connectivity index (χ0) is 18.9. The quantitative estimate of drug-likeness (QED) is 0.692. The number of hydrogen-bond donors (Lipinski definition) is 1. The van der Waals surface area contributed by atoms with Crippen LogP contribution in [0.25, 0.3) is 0 Å². The molecule has 26 heavy (non-hydrogen) atoms. The van der Waals surface area contributed by atoms with E-state index in [1.165, 1.54) is 14.2 Å². The third-order valence-electron chi connectivity index (χ3n) is 3.61. The maximum Gasteiger partial charge on any atom is 0.259 e. The van der Waals surface area contributed by atoms with Crippen molar-refractivity contribution in [3.05, 3.63) is 42.0 Å². The Kier molecular flexibility index (Phi) is 7.11. The minimum absolute atomic E-state index is 0.325. The molecule has 7 nitrogen and oxygen atoms in total. The fourth-order valence-electron chi connectivity index (χ4n) is 2.37. The zero-order valence-corrected chi connectivity index (χ0v) is 15.3. The molecule has 0 saturated carbocycles. The van der Waals surface area contributed by atoms with Crippen LogP contribution in [0.2, 0.25) is 0 Å². The first-order valence-electron chi connectivity index (χ1n) is 7.96. The van der Waals surface area contributed by atoms with Crippen molar-refractivity contribution in [2.75, 3.05) is 47.0 Å². The lowest BCUT2D eigenvalue weighted by Crippen LogP contribution is -2.14. The fourth-order valence-corrected chi connectivity index (χ4v) is 2.37. The molecule has 0 aromatic heterocycles. The normalized spacial score (nSPS) is 10.2. The number of rotatable bonds is 9. The van der Waals surface area contributed by atoms with Gasteiger partial charge in [0.2, 0.25) is 0 Å². The number of anilines is 1. The first-order chi connectivity index (χ1) is 12.6. The first-order valence-corrected chi connectivity index (χ1v) is 7.96. The molecule has 2 rings (SSSR count). The van der Waals surface area contributed by atoms with Crippen LogP contribution in [0.3, 0.4) is 0 Å². The third-order valence-corrected chi connectivity index (χ3v) is 3.61. The summed E-state index contributed by atoms with van der Waals surface area (Å²) in [5.41, 5.74) is 0.928. The van der Waals surface area contributed by atoms with Gasteiger partial charge in [0.1, 0.15) is 6.61 Å². The van der Waals surface area contributed by atoms with E-state index in [0.29, 0.717) is 47.5 Å². The summed E-state index contributed by atoms with van der Waals surface area (Å²) in [7, 11) is 6.16. The van der Waals surface area contributed by atoms with Gasteiger partial charge in [0.25, 0.3) is 5.91 Å². The standard InChI is InChI=1S/C19H23NO6/c1-22-10-11-26-17-12-13(8-9-15(17)23-2)20-19(21)14-6-5-7-16(24-3)18(14)25-4/h5-9,12H,10-11H2,1-4H3,(H,20,21). The molecular formula is C19H23NO6. The molecule has 0 aliphatic heterocycles.